The number of sulfonamides is 2. The Labute approximate surface area is 153 Å². The zero-order valence-corrected chi connectivity index (χ0v) is 16.6. The number of nitrogens with zero attached hydrogens (tertiary/aromatic N) is 1. The van der Waals surface area contributed by atoms with E-state index in [1.807, 2.05) is 0 Å². The lowest BCUT2D eigenvalue weighted by Crippen LogP contribution is -2.22. The Morgan fingerprint density at radius 3 is 2.12 bits per heavy atom. The molecule has 136 valence electrons. The van der Waals surface area contributed by atoms with Gasteiger partial charge in [0.15, 0.2) is 0 Å². The fourth-order valence-corrected chi connectivity index (χ4v) is 4.70. The van der Waals surface area contributed by atoms with Crippen molar-refractivity contribution in [2.24, 2.45) is 0 Å². The lowest BCUT2D eigenvalue weighted by molar-refractivity contribution is 0.520. The SMILES string of the molecule is Cc1ccc(S(=O)(=O)N(C)C)cc1NS(=O)(=O)c1cc(Cl)ccc1C. The molecule has 6 nitrogen and oxygen atoms in total. The predicted octanol–water partition coefficient (Wildman–Crippen LogP) is 3.01. The Morgan fingerprint density at radius 1 is 0.920 bits per heavy atom. The molecule has 0 aliphatic carbocycles. The van der Waals surface area contributed by atoms with Gasteiger partial charge in [0.2, 0.25) is 10.0 Å². The zero-order chi connectivity index (χ0) is 19.0. The summed E-state index contributed by atoms with van der Waals surface area (Å²) in [6, 6.07) is 8.87. The molecule has 0 spiro atoms. The molecule has 0 amide bonds. The van der Waals surface area contributed by atoms with Gasteiger partial charge < -0.3 is 0 Å². The fourth-order valence-electron chi connectivity index (χ4n) is 2.15. The highest BCUT2D eigenvalue weighted by molar-refractivity contribution is 7.92. The molecule has 9 heteroatoms. The molecule has 0 unspecified atom stereocenters. The predicted molar refractivity (Wildman–Crippen MR) is 99.0 cm³/mol. The summed E-state index contributed by atoms with van der Waals surface area (Å²) < 4.78 is 53.4. The van der Waals surface area contributed by atoms with E-state index >= 15 is 0 Å². The van der Waals surface area contributed by atoms with Gasteiger partial charge in [0.1, 0.15) is 0 Å². The van der Waals surface area contributed by atoms with Gasteiger partial charge in [0.05, 0.1) is 15.5 Å². The minimum Gasteiger partial charge on any atom is -0.279 e. The van der Waals surface area contributed by atoms with Crippen LogP contribution in [0.25, 0.3) is 0 Å². The summed E-state index contributed by atoms with van der Waals surface area (Å²) in [7, 11) is -4.77. The third-order valence-electron chi connectivity index (χ3n) is 3.67. The van der Waals surface area contributed by atoms with Gasteiger partial charge in [-0.2, -0.15) is 0 Å². The molecule has 0 heterocycles. The third kappa shape index (κ3) is 4.14. The molecule has 0 fully saturated rings. The average Bonchev–Trinajstić information content (AvgIpc) is 2.51. The standard InChI is InChI=1S/C16H19ClN2O4S2/c1-11-6-8-14(25(22,23)19(3)4)10-15(11)18-24(20,21)16-9-13(17)7-5-12(16)2/h5-10,18H,1-4H3. The van der Waals surface area contributed by atoms with E-state index in [0.717, 1.165) is 4.31 Å². The monoisotopic (exact) mass is 402 g/mol. The molecule has 2 rings (SSSR count). The van der Waals surface area contributed by atoms with Gasteiger partial charge in [-0.15, -0.1) is 0 Å². The first-order chi connectivity index (χ1) is 11.4. The molecule has 0 aliphatic heterocycles. The molecular formula is C16H19ClN2O4S2. The first kappa shape index (κ1) is 19.7. The first-order valence-electron chi connectivity index (χ1n) is 7.27. The highest BCUT2D eigenvalue weighted by atomic mass is 35.5. The Morgan fingerprint density at radius 2 is 1.52 bits per heavy atom. The summed E-state index contributed by atoms with van der Waals surface area (Å²) in [5.41, 5.74) is 1.33. The van der Waals surface area contributed by atoms with Crippen molar-refractivity contribution in [2.45, 2.75) is 23.6 Å². The van der Waals surface area contributed by atoms with Crippen molar-refractivity contribution < 1.29 is 16.8 Å². The highest BCUT2D eigenvalue weighted by Crippen LogP contribution is 2.27. The summed E-state index contributed by atoms with van der Waals surface area (Å²) in [5, 5.41) is 0.298. The van der Waals surface area contributed by atoms with Crippen LogP contribution in [-0.2, 0) is 20.0 Å². The van der Waals surface area contributed by atoms with Gasteiger partial charge in [-0.05, 0) is 49.2 Å². The molecule has 0 radical (unpaired) electrons. The second-order valence-electron chi connectivity index (χ2n) is 5.78. The molecular weight excluding hydrogens is 384 g/mol. The van der Waals surface area contributed by atoms with Crippen LogP contribution >= 0.6 is 11.6 Å². The maximum atomic E-state index is 12.7. The van der Waals surface area contributed by atoms with E-state index in [9.17, 15) is 16.8 Å². The fraction of sp³-hybridized carbons (Fsp3) is 0.250. The van der Waals surface area contributed by atoms with Crippen molar-refractivity contribution in [1.29, 1.82) is 0 Å². The van der Waals surface area contributed by atoms with Crippen LogP contribution in [0.2, 0.25) is 5.02 Å². The number of benzene rings is 2. The number of aryl methyl sites for hydroxylation is 2. The summed E-state index contributed by atoms with van der Waals surface area (Å²) in [5.74, 6) is 0. The molecule has 0 saturated carbocycles. The van der Waals surface area contributed by atoms with Crippen LogP contribution in [0, 0.1) is 13.8 Å². The Balaban J connectivity index is 2.51. The van der Waals surface area contributed by atoms with Crippen LogP contribution in [0.15, 0.2) is 46.2 Å². The Bertz CT molecular complexity index is 1020. The highest BCUT2D eigenvalue weighted by Gasteiger charge is 2.22. The van der Waals surface area contributed by atoms with Crippen molar-refractivity contribution in [2.75, 3.05) is 18.8 Å². The van der Waals surface area contributed by atoms with Gasteiger partial charge in [-0.3, -0.25) is 4.72 Å². The molecule has 2 aromatic rings. The van der Waals surface area contributed by atoms with Crippen LogP contribution in [0.1, 0.15) is 11.1 Å². The lowest BCUT2D eigenvalue weighted by Gasteiger charge is -2.16. The second-order valence-corrected chi connectivity index (χ2v) is 10.0. The lowest BCUT2D eigenvalue weighted by atomic mass is 10.2. The number of anilines is 1. The van der Waals surface area contributed by atoms with Crippen molar-refractivity contribution in [3.05, 3.63) is 52.5 Å². The molecule has 25 heavy (non-hydrogen) atoms. The maximum absolute atomic E-state index is 12.7. The molecule has 0 saturated heterocycles. The topological polar surface area (TPSA) is 83.6 Å². The van der Waals surface area contributed by atoms with Crippen LogP contribution in [0.4, 0.5) is 5.69 Å². The maximum Gasteiger partial charge on any atom is 0.262 e. The van der Waals surface area contributed by atoms with Crippen LogP contribution in [0.3, 0.4) is 0 Å². The molecule has 0 aliphatic rings. The quantitative estimate of drug-likeness (QED) is 0.833. The summed E-state index contributed by atoms with van der Waals surface area (Å²) >= 11 is 5.90. The van der Waals surface area contributed by atoms with Crippen LogP contribution < -0.4 is 4.72 Å². The molecule has 1 N–H and O–H groups in total. The molecule has 2 aromatic carbocycles. The van der Waals surface area contributed by atoms with Crippen molar-refractivity contribution in [3.8, 4) is 0 Å². The van der Waals surface area contributed by atoms with E-state index in [2.05, 4.69) is 4.72 Å². The average molecular weight is 403 g/mol. The third-order valence-corrected chi connectivity index (χ3v) is 7.23. The molecule has 0 bridgehead atoms. The van der Waals surface area contributed by atoms with Gasteiger partial charge >= 0.3 is 0 Å². The summed E-state index contributed by atoms with van der Waals surface area (Å²) in [6.45, 7) is 3.35. The second kappa shape index (κ2) is 6.95. The van der Waals surface area contributed by atoms with Crippen LogP contribution in [-0.4, -0.2) is 35.2 Å². The minimum absolute atomic E-state index is 0.00335. The number of hydrogen-bond donors (Lipinski definition) is 1. The largest absolute Gasteiger partial charge is 0.279 e. The normalized spacial score (nSPS) is 12.4. The number of hydrogen-bond acceptors (Lipinski definition) is 4. The van der Waals surface area contributed by atoms with Crippen LogP contribution in [0.5, 0.6) is 0 Å². The number of nitrogens with one attached hydrogen (secondary N) is 1. The van der Waals surface area contributed by atoms with Gasteiger partial charge in [0, 0.05) is 19.1 Å². The molecule has 0 aromatic heterocycles. The minimum atomic E-state index is -3.91. The zero-order valence-electron chi connectivity index (χ0n) is 14.2. The number of rotatable bonds is 5. The Hall–Kier alpha value is -1.61. The molecule has 0 atom stereocenters. The van der Waals surface area contributed by atoms with E-state index in [-0.39, 0.29) is 15.5 Å². The van der Waals surface area contributed by atoms with Gasteiger partial charge in [0.25, 0.3) is 10.0 Å². The van der Waals surface area contributed by atoms with Crippen molar-refractivity contribution in [3.63, 3.8) is 0 Å². The van der Waals surface area contributed by atoms with Crippen molar-refractivity contribution >= 4 is 37.3 Å². The summed E-state index contributed by atoms with van der Waals surface area (Å²) in [4.78, 5) is 0.0453. The van der Waals surface area contributed by atoms with E-state index in [4.69, 9.17) is 11.6 Å². The van der Waals surface area contributed by atoms with E-state index in [1.165, 1.54) is 32.3 Å². The number of halogens is 1. The first-order valence-corrected chi connectivity index (χ1v) is 10.6. The summed E-state index contributed by atoms with van der Waals surface area (Å²) in [6.07, 6.45) is 0. The van der Waals surface area contributed by atoms with E-state index in [0.29, 0.717) is 16.1 Å². The van der Waals surface area contributed by atoms with Gasteiger partial charge in [-0.25, -0.2) is 21.1 Å². The van der Waals surface area contributed by atoms with E-state index < -0.39 is 20.0 Å². The smallest absolute Gasteiger partial charge is 0.262 e. The Kier molecular flexibility index (Phi) is 5.48. The van der Waals surface area contributed by atoms with Crippen molar-refractivity contribution in [1.82, 2.24) is 4.31 Å². The van der Waals surface area contributed by atoms with Gasteiger partial charge in [-0.1, -0.05) is 23.7 Å². The van der Waals surface area contributed by atoms with E-state index in [1.54, 1.807) is 32.0 Å².